The van der Waals surface area contributed by atoms with Crippen molar-refractivity contribution in [2.24, 2.45) is 5.92 Å². The van der Waals surface area contributed by atoms with Gasteiger partial charge in [0.2, 0.25) is 5.88 Å². The number of hydrogen-bond donors (Lipinski definition) is 0. The molecule has 0 saturated carbocycles. The van der Waals surface area contributed by atoms with E-state index in [1.165, 1.54) is 0 Å². The van der Waals surface area contributed by atoms with Gasteiger partial charge >= 0.3 is 0 Å². The van der Waals surface area contributed by atoms with E-state index >= 15 is 0 Å². The maximum atomic E-state index is 5.43. The van der Waals surface area contributed by atoms with Crippen LogP contribution < -0.4 is 9.64 Å². The van der Waals surface area contributed by atoms with E-state index in [2.05, 4.69) is 40.5 Å². The van der Waals surface area contributed by atoms with Gasteiger partial charge < -0.3 is 9.64 Å². The highest BCUT2D eigenvalue weighted by atomic mass is 32.2. The van der Waals surface area contributed by atoms with E-state index in [4.69, 9.17) is 4.74 Å². The molecule has 0 amide bonds. The maximum Gasteiger partial charge on any atom is 0.218 e. The van der Waals surface area contributed by atoms with E-state index in [1.54, 1.807) is 6.33 Å². The van der Waals surface area contributed by atoms with Crippen LogP contribution in [0.25, 0.3) is 0 Å². The molecule has 1 atom stereocenters. The SMILES string of the molecule is CCOc1cc(N2CCSC(C(C)C)C2)ncn1. The normalized spacial score (nSPS) is 20.2. The van der Waals surface area contributed by atoms with Crippen molar-refractivity contribution in [1.82, 2.24) is 9.97 Å². The third-order valence-electron chi connectivity index (χ3n) is 3.08. The van der Waals surface area contributed by atoms with Crippen LogP contribution in [0.2, 0.25) is 0 Å². The van der Waals surface area contributed by atoms with E-state index in [0.29, 0.717) is 23.7 Å². The summed E-state index contributed by atoms with van der Waals surface area (Å²) in [7, 11) is 0. The van der Waals surface area contributed by atoms with Crippen LogP contribution in [0, 0.1) is 5.92 Å². The van der Waals surface area contributed by atoms with Crippen LogP contribution in [0.5, 0.6) is 5.88 Å². The van der Waals surface area contributed by atoms with Gasteiger partial charge in [-0.3, -0.25) is 0 Å². The molecule has 1 aliphatic heterocycles. The first kappa shape index (κ1) is 13.5. The van der Waals surface area contributed by atoms with Crippen molar-refractivity contribution < 1.29 is 4.74 Å². The first-order valence-corrected chi connectivity index (χ1v) is 7.57. The van der Waals surface area contributed by atoms with Crippen LogP contribution in [0.3, 0.4) is 0 Å². The fourth-order valence-electron chi connectivity index (χ4n) is 2.02. The first-order chi connectivity index (χ1) is 8.70. The van der Waals surface area contributed by atoms with Gasteiger partial charge in [0.15, 0.2) is 0 Å². The standard InChI is InChI=1S/C13H21N3OS/c1-4-17-13-7-12(14-9-15-13)16-5-6-18-11(8-16)10(2)3/h7,9-11H,4-6,8H2,1-3H3. The second kappa shape index (κ2) is 6.27. The molecule has 1 saturated heterocycles. The molecular weight excluding hydrogens is 246 g/mol. The number of aromatic nitrogens is 2. The summed E-state index contributed by atoms with van der Waals surface area (Å²) >= 11 is 2.07. The molecule has 0 bridgehead atoms. The van der Waals surface area contributed by atoms with Crippen LogP contribution in [0.1, 0.15) is 20.8 Å². The van der Waals surface area contributed by atoms with Crippen LogP contribution >= 0.6 is 11.8 Å². The van der Waals surface area contributed by atoms with Crippen LogP contribution in [0.4, 0.5) is 5.82 Å². The minimum atomic E-state index is 0.640. The van der Waals surface area contributed by atoms with E-state index in [9.17, 15) is 0 Å². The zero-order chi connectivity index (χ0) is 13.0. The predicted octanol–water partition coefficient (Wildman–Crippen LogP) is 2.45. The summed E-state index contributed by atoms with van der Waals surface area (Å²) in [6.45, 7) is 9.29. The van der Waals surface area contributed by atoms with Gasteiger partial charge in [-0.1, -0.05) is 13.8 Å². The molecule has 4 nitrogen and oxygen atoms in total. The molecule has 0 aliphatic carbocycles. The fraction of sp³-hybridized carbons (Fsp3) is 0.692. The molecule has 0 N–H and O–H groups in total. The Hall–Kier alpha value is -0.970. The molecule has 0 spiro atoms. The number of ether oxygens (including phenoxy) is 1. The highest BCUT2D eigenvalue weighted by molar-refractivity contribution is 8.00. The highest BCUT2D eigenvalue weighted by Gasteiger charge is 2.23. The molecule has 1 aliphatic rings. The second-order valence-corrected chi connectivity index (χ2v) is 6.09. The molecule has 1 fully saturated rings. The Morgan fingerprint density at radius 2 is 2.33 bits per heavy atom. The Morgan fingerprint density at radius 1 is 1.50 bits per heavy atom. The summed E-state index contributed by atoms with van der Waals surface area (Å²) in [5.74, 6) is 3.52. The molecule has 100 valence electrons. The largest absolute Gasteiger partial charge is 0.478 e. The van der Waals surface area contributed by atoms with E-state index < -0.39 is 0 Å². The van der Waals surface area contributed by atoms with Gasteiger partial charge in [-0.25, -0.2) is 9.97 Å². The molecular formula is C13H21N3OS. The third kappa shape index (κ3) is 3.28. The molecule has 0 aromatic carbocycles. The molecule has 0 radical (unpaired) electrons. The molecule has 18 heavy (non-hydrogen) atoms. The zero-order valence-electron chi connectivity index (χ0n) is 11.3. The van der Waals surface area contributed by atoms with Crippen LogP contribution in [0.15, 0.2) is 12.4 Å². The van der Waals surface area contributed by atoms with Crippen molar-refractivity contribution >= 4 is 17.6 Å². The summed E-state index contributed by atoms with van der Waals surface area (Å²) in [6.07, 6.45) is 1.59. The maximum absolute atomic E-state index is 5.43. The summed E-state index contributed by atoms with van der Waals surface area (Å²) < 4.78 is 5.43. The lowest BCUT2D eigenvalue weighted by molar-refractivity contribution is 0.326. The summed E-state index contributed by atoms with van der Waals surface area (Å²) in [6, 6.07) is 1.94. The molecule has 5 heteroatoms. The minimum absolute atomic E-state index is 0.640. The van der Waals surface area contributed by atoms with Gasteiger partial charge in [-0.05, 0) is 12.8 Å². The van der Waals surface area contributed by atoms with Gasteiger partial charge in [0, 0.05) is 30.2 Å². The Morgan fingerprint density at radius 3 is 3.06 bits per heavy atom. The molecule has 1 unspecified atom stereocenters. The summed E-state index contributed by atoms with van der Waals surface area (Å²) in [5, 5.41) is 0.684. The van der Waals surface area contributed by atoms with Gasteiger partial charge in [0.25, 0.3) is 0 Å². The molecule has 2 heterocycles. The van der Waals surface area contributed by atoms with Gasteiger partial charge in [0.05, 0.1) is 6.61 Å². The Balaban J connectivity index is 2.08. The van der Waals surface area contributed by atoms with Gasteiger partial charge in [-0.2, -0.15) is 11.8 Å². The first-order valence-electron chi connectivity index (χ1n) is 6.52. The molecule has 2 rings (SSSR count). The van der Waals surface area contributed by atoms with Crippen molar-refractivity contribution in [3.8, 4) is 5.88 Å². The Kier molecular flexibility index (Phi) is 4.69. The van der Waals surface area contributed by atoms with Crippen molar-refractivity contribution in [3.05, 3.63) is 12.4 Å². The lowest BCUT2D eigenvalue weighted by atomic mass is 10.1. The van der Waals surface area contributed by atoms with E-state index in [0.717, 1.165) is 24.7 Å². The lowest BCUT2D eigenvalue weighted by Gasteiger charge is -2.35. The Labute approximate surface area is 113 Å². The van der Waals surface area contributed by atoms with Crippen molar-refractivity contribution in [2.75, 3.05) is 30.3 Å². The number of hydrogen-bond acceptors (Lipinski definition) is 5. The van der Waals surface area contributed by atoms with Crippen molar-refractivity contribution in [1.29, 1.82) is 0 Å². The minimum Gasteiger partial charge on any atom is -0.478 e. The fourth-order valence-corrected chi connectivity index (χ4v) is 3.32. The predicted molar refractivity (Wildman–Crippen MR) is 76.5 cm³/mol. The van der Waals surface area contributed by atoms with E-state index in [1.807, 2.05) is 13.0 Å². The molecule has 1 aromatic heterocycles. The van der Waals surface area contributed by atoms with Crippen molar-refractivity contribution in [3.63, 3.8) is 0 Å². The number of rotatable bonds is 4. The number of thioether (sulfide) groups is 1. The summed E-state index contributed by atoms with van der Waals surface area (Å²) in [4.78, 5) is 10.8. The van der Waals surface area contributed by atoms with Crippen LogP contribution in [-0.2, 0) is 0 Å². The van der Waals surface area contributed by atoms with Gasteiger partial charge in [0.1, 0.15) is 12.1 Å². The average Bonchev–Trinajstić information content (AvgIpc) is 2.39. The van der Waals surface area contributed by atoms with Gasteiger partial charge in [-0.15, -0.1) is 0 Å². The number of anilines is 1. The van der Waals surface area contributed by atoms with Crippen molar-refractivity contribution in [2.45, 2.75) is 26.0 Å². The average molecular weight is 267 g/mol. The number of nitrogens with zero attached hydrogens (tertiary/aromatic N) is 3. The highest BCUT2D eigenvalue weighted by Crippen LogP contribution is 2.28. The monoisotopic (exact) mass is 267 g/mol. The summed E-state index contributed by atoms with van der Waals surface area (Å²) in [5.41, 5.74) is 0. The third-order valence-corrected chi connectivity index (χ3v) is 4.62. The quantitative estimate of drug-likeness (QED) is 0.838. The Bertz CT molecular complexity index is 386. The van der Waals surface area contributed by atoms with Crippen LogP contribution in [-0.4, -0.2) is 40.7 Å². The zero-order valence-corrected chi connectivity index (χ0v) is 12.1. The topological polar surface area (TPSA) is 38.2 Å². The second-order valence-electron chi connectivity index (χ2n) is 4.75. The smallest absolute Gasteiger partial charge is 0.218 e. The lowest BCUT2D eigenvalue weighted by Crippen LogP contribution is -2.40. The van der Waals surface area contributed by atoms with E-state index in [-0.39, 0.29) is 0 Å². The molecule has 1 aromatic rings.